The first-order valence-electron chi connectivity index (χ1n) is 4.77. The molecule has 0 aromatic heterocycles. The highest BCUT2D eigenvalue weighted by molar-refractivity contribution is 6.31. The van der Waals surface area contributed by atoms with Gasteiger partial charge in [0, 0.05) is 18.0 Å². The molecule has 0 aliphatic heterocycles. The zero-order chi connectivity index (χ0) is 13.7. The minimum Gasteiger partial charge on any atom is -0.456 e. The van der Waals surface area contributed by atoms with E-state index in [1.807, 2.05) is 0 Å². The van der Waals surface area contributed by atoms with Crippen molar-refractivity contribution in [2.24, 2.45) is 0 Å². The molecular weight excluding hydrogens is 264 g/mol. The summed E-state index contributed by atoms with van der Waals surface area (Å²) in [6.45, 7) is 0.646. The van der Waals surface area contributed by atoms with Crippen molar-refractivity contribution in [1.29, 1.82) is 0 Å². The van der Waals surface area contributed by atoms with Crippen LogP contribution in [0.2, 0.25) is 5.02 Å². The number of nitro groups is 1. The summed E-state index contributed by atoms with van der Waals surface area (Å²) in [6, 6.07) is 3.81. The van der Waals surface area contributed by atoms with E-state index >= 15 is 0 Å². The number of amides is 1. The van der Waals surface area contributed by atoms with E-state index < -0.39 is 23.4 Å². The average Bonchev–Trinajstić information content (AvgIpc) is 2.28. The van der Waals surface area contributed by atoms with Crippen LogP contribution in [0.25, 0.3) is 0 Å². The van der Waals surface area contributed by atoms with Gasteiger partial charge in [-0.25, -0.2) is 0 Å². The maximum Gasteiger partial charge on any atom is 0.303 e. The molecule has 96 valence electrons. The normalized spacial score (nSPS) is 9.67. The number of hydrogen-bond donors (Lipinski definition) is 1. The van der Waals surface area contributed by atoms with Crippen LogP contribution in [-0.2, 0) is 14.3 Å². The minimum atomic E-state index is -0.673. The number of nitrogens with one attached hydrogen (secondary N) is 1. The summed E-state index contributed by atoms with van der Waals surface area (Å²) in [5, 5.41) is 13.2. The number of esters is 1. The third-order valence-corrected chi connectivity index (χ3v) is 2.07. The Hall–Kier alpha value is -2.15. The average molecular weight is 273 g/mol. The van der Waals surface area contributed by atoms with Crippen molar-refractivity contribution in [1.82, 2.24) is 0 Å². The molecule has 0 aliphatic carbocycles. The topological polar surface area (TPSA) is 98.5 Å². The smallest absolute Gasteiger partial charge is 0.303 e. The largest absolute Gasteiger partial charge is 0.456 e. The Morgan fingerprint density at radius 2 is 2.17 bits per heavy atom. The Morgan fingerprint density at radius 3 is 2.72 bits per heavy atom. The molecule has 1 N–H and O–H groups in total. The Morgan fingerprint density at radius 1 is 1.50 bits per heavy atom. The summed E-state index contributed by atoms with van der Waals surface area (Å²) < 4.78 is 4.45. The summed E-state index contributed by atoms with van der Waals surface area (Å²) in [4.78, 5) is 31.9. The molecule has 0 atom stereocenters. The molecule has 0 saturated heterocycles. The molecule has 0 heterocycles. The van der Waals surface area contributed by atoms with Crippen LogP contribution in [0, 0.1) is 10.1 Å². The van der Waals surface area contributed by atoms with Gasteiger partial charge in [0.1, 0.15) is 5.69 Å². The molecule has 0 fully saturated rings. The summed E-state index contributed by atoms with van der Waals surface area (Å²) in [7, 11) is 0. The maximum atomic E-state index is 11.3. The van der Waals surface area contributed by atoms with Gasteiger partial charge in [-0.15, -0.1) is 0 Å². The number of anilines is 1. The summed E-state index contributed by atoms with van der Waals surface area (Å²) in [6.07, 6.45) is 0. The number of rotatable bonds is 4. The quantitative estimate of drug-likeness (QED) is 0.511. The van der Waals surface area contributed by atoms with Crippen molar-refractivity contribution in [3.63, 3.8) is 0 Å². The van der Waals surface area contributed by atoms with Crippen LogP contribution in [0.15, 0.2) is 18.2 Å². The van der Waals surface area contributed by atoms with Crippen molar-refractivity contribution in [2.75, 3.05) is 11.9 Å². The fourth-order valence-electron chi connectivity index (χ4n) is 1.12. The van der Waals surface area contributed by atoms with E-state index in [4.69, 9.17) is 11.6 Å². The number of halogens is 1. The molecule has 1 amide bonds. The van der Waals surface area contributed by atoms with E-state index in [0.717, 1.165) is 13.0 Å². The van der Waals surface area contributed by atoms with E-state index in [1.165, 1.54) is 12.1 Å². The standard InChI is InChI=1S/C10H9ClN2O5/c1-6(14)18-5-10(15)12-8-3-2-7(11)4-9(8)13(16)17/h2-4H,5H2,1H3,(H,12,15). The lowest BCUT2D eigenvalue weighted by Gasteiger charge is -2.06. The number of carbonyl (C=O) groups excluding carboxylic acids is 2. The SMILES string of the molecule is CC(=O)OCC(=O)Nc1ccc(Cl)cc1[N+](=O)[O-]. The van der Waals surface area contributed by atoms with E-state index in [-0.39, 0.29) is 16.4 Å². The highest BCUT2D eigenvalue weighted by atomic mass is 35.5. The van der Waals surface area contributed by atoms with Crippen LogP contribution in [-0.4, -0.2) is 23.4 Å². The van der Waals surface area contributed by atoms with E-state index in [1.54, 1.807) is 0 Å². The second-order valence-electron chi connectivity index (χ2n) is 3.25. The van der Waals surface area contributed by atoms with Gasteiger partial charge in [-0.1, -0.05) is 11.6 Å². The molecule has 0 unspecified atom stereocenters. The van der Waals surface area contributed by atoms with Gasteiger partial charge in [-0.3, -0.25) is 19.7 Å². The van der Waals surface area contributed by atoms with Gasteiger partial charge in [0.05, 0.1) is 4.92 Å². The lowest BCUT2D eigenvalue weighted by atomic mass is 10.2. The second kappa shape index (κ2) is 5.97. The molecule has 1 rings (SSSR count). The number of benzene rings is 1. The van der Waals surface area contributed by atoms with Crippen molar-refractivity contribution in [3.8, 4) is 0 Å². The predicted octanol–water partition coefficient (Wildman–Crippen LogP) is 1.75. The predicted molar refractivity (Wildman–Crippen MR) is 63.4 cm³/mol. The van der Waals surface area contributed by atoms with Crippen LogP contribution in [0.3, 0.4) is 0 Å². The Balaban J connectivity index is 2.81. The van der Waals surface area contributed by atoms with Gasteiger partial charge >= 0.3 is 5.97 Å². The van der Waals surface area contributed by atoms with Gasteiger partial charge in [0.25, 0.3) is 11.6 Å². The first kappa shape index (κ1) is 13.9. The summed E-state index contributed by atoms with van der Waals surface area (Å²) in [5.41, 5.74) is -0.347. The fourth-order valence-corrected chi connectivity index (χ4v) is 1.28. The first-order chi connectivity index (χ1) is 8.40. The highest BCUT2D eigenvalue weighted by Gasteiger charge is 2.16. The molecule has 0 radical (unpaired) electrons. The molecule has 0 aliphatic rings. The van der Waals surface area contributed by atoms with Gasteiger partial charge < -0.3 is 10.1 Å². The maximum absolute atomic E-state index is 11.3. The highest BCUT2D eigenvalue weighted by Crippen LogP contribution is 2.27. The molecule has 18 heavy (non-hydrogen) atoms. The number of carbonyl (C=O) groups is 2. The first-order valence-corrected chi connectivity index (χ1v) is 5.15. The van der Waals surface area contributed by atoms with Gasteiger partial charge in [-0.05, 0) is 12.1 Å². The number of ether oxygens (including phenoxy) is 1. The molecule has 0 saturated carbocycles. The summed E-state index contributed by atoms with van der Waals surface area (Å²) in [5.74, 6) is -1.29. The van der Waals surface area contributed by atoms with E-state index in [0.29, 0.717) is 0 Å². The van der Waals surface area contributed by atoms with Crippen molar-refractivity contribution in [3.05, 3.63) is 33.3 Å². The number of hydrogen-bond acceptors (Lipinski definition) is 5. The van der Waals surface area contributed by atoms with Crippen molar-refractivity contribution in [2.45, 2.75) is 6.92 Å². The monoisotopic (exact) mass is 272 g/mol. The van der Waals surface area contributed by atoms with Crippen LogP contribution in [0.5, 0.6) is 0 Å². The lowest BCUT2D eigenvalue weighted by Crippen LogP contribution is -2.20. The minimum absolute atomic E-state index is 0.0125. The van der Waals surface area contributed by atoms with Gasteiger partial charge in [0.15, 0.2) is 6.61 Å². The third-order valence-electron chi connectivity index (χ3n) is 1.84. The van der Waals surface area contributed by atoms with Crippen LogP contribution < -0.4 is 5.32 Å². The fraction of sp³-hybridized carbons (Fsp3) is 0.200. The molecule has 1 aromatic carbocycles. The molecule has 0 bridgehead atoms. The zero-order valence-corrected chi connectivity index (χ0v) is 10.1. The Labute approximate surface area is 107 Å². The molecule has 1 aromatic rings. The molecule has 0 spiro atoms. The Kier molecular flexibility index (Phi) is 4.61. The van der Waals surface area contributed by atoms with E-state index in [2.05, 4.69) is 10.1 Å². The molecule has 8 heteroatoms. The molecule has 7 nitrogen and oxygen atoms in total. The van der Waals surface area contributed by atoms with Crippen molar-refractivity contribution < 1.29 is 19.2 Å². The van der Waals surface area contributed by atoms with Crippen LogP contribution >= 0.6 is 11.6 Å². The Bertz CT molecular complexity index is 503. The summed E-state index contributed by atoms with van der Waals surface area (Å²) >= 11 is 5.61. The second-order valence-corrected chi connectivity index (χ2v) is 3.68. The van der Waals surface area contributed by atoms with Gasteiger partial charge in [0.2, 0.25) is 0 Å². The number of nitro benzene ring substituents is 1. The van der Waals surface area contributed by atoms with E-state index in [9.17, 15) is 19.7 Å². The number of nitrogens with zero attached hydrogens (tertiary/aromatic N) is 1. The van der Waals surface area contributed by atoms with Crippen LogP contribution in [0.4, 0.5) is 11.4 Å². The van der Waals surface area contributed by atoms with Crippen LogP contribution in [0.1, 0.15) is 6.92 Å². The van der Waals surface area contributed by atoms with Gasteiger partial charge in [-0.2, -0.15) is 0 Å². The zero-order valence-electron chi connectivity index (χ0n) is 9.31. The van der Waals surface area contributed by atoms with Crippen molar-refractivity contribution >= 4 is 34.9 Å². The molecular formula is C10H9ClN2O5. The third kappa shape index (κ3) is 4.02. The lowest BCUT2D eigenvalue weighted by molar-refractivity contribution is -0.383.